The van der Waals surface area contributed by atoms with Gasteiger partial charge in [0.25, 0.3) is 0 Å². The van der Waals surface area contributed by atoms with E-state index in [1.165, 1.54) is 23.3 Å². The molecule has 5 rings (SSSR count). The van der Waals surface area contributed by atoms with Crippen LogP contribution >= 0.6 is 0 Å². The highest BCUT2D eigenvalue weighted by molar-refractivity contribution is 5.88. The van der Waals surface area contributed by atoms with Gasteiger partial charge in [-0.1, -0.05) is 5.16 Å². The number of halogens is 1. The molecule has 0 radical (unpaired) electrons. The highest BCUT2D eigenvalue weighted by Crippen LogP contribution is 2.42. The number of ether oxygens (including phenoxy) is 2. The van der Waals surface area contributed by atoms with Gasteiger partial charge in [-0.25, -0.2) is 4.39 Å². The van der Waals surface area contributed by atoms with Gasteiger partial charge in [0.05, 0.1) is 19.6 Å². The molecule has 2 aliphatic rings. The lowest BCUT2D eigenvalue weighted by atomic mass is 9.77. The van der Waals surface area contributed by atoms with Crippen molar-refractivity contribution in [2.24, 2.45) is 0 Å². The lowest BCUT2D eigenvalue weighted by Gasteiger charge is -2.39. The molecule has 1 aliphatic carbocycles. The summed E-state index contributed by atoms with van der Waals surface area (Å²) in [6.45, 7) is 4.74. The molecule has 1 aliphatic heterocycles. The van der Waals surface area contributed by atoms with Gasteiger partial charge in [0.2, 0.25) is 0 Å². The van der Waals surface area contributed by atoms with Crippen LogP contribution in [0.25, 0.3) is 11.0 Å². The molecule has 1 unspecified atom stereocenters. The molecule has 0 saturated carbocycles. The zero-order valence-electron chi connectivity index (χ0n) is 16.7. The summed E-state index contributed by atoms with van der Waals surface area (Å²) < 4.78 is 29.5. The molecule has 0 spiro atoms. The Bertz CT molecular complexity index is 1040. The number of fused-ring (bicyclic) bond motifs is 2. The summed E-state index contributed by atoms with van der Waals surface area (Å²) in [6, 6.07) is 8.81. The molecule has 0 N–H and O–H groups in total. The fraction of sp³-hybridized carbons (Fsp3) is 0.409. The number of aromatic nitrogens is 1. The molecular formula is C22H24FN3O3. The highest BCUT2D eigenvalue weighted by Gasteiger charge is 2.31. The molecule has 2 aromatic carbocycles. The van der Waals surface area contributed by atoms with Crippen LogP contribution in [0, 0.1) is 5.82 Å². The van der Waals surface area contributed by atoms with Crippen molar-refractivity contribution < 1.29 is 18.4 Å². The SMILES string of the molecule is COc1cc2c(cc1OC)C(CN1CCN(c3noc4cc(F)ccc34)CC1)C2. The molecule has 1 fully saturated rings. The summed E-state index contributed by atoms with van der Waals surface area (Å²) in [4.78, 5) is 4.73. The third-order valence-electron chi connectivity index (χ3n) is 6.12. The molecule has 152 valence electrons. The van der Waals surface area contributed by atoms with Gasteiger partial charge in [-0.15, -0.1) is 0 Å². The van der Waals surface area contributed by atoms with Gasteiger partial charge in [0.15, 0.2) is 22.9 Å². The Labute approximate surface area is 168 Å². The summed E-state index contributed by atoms with van der Waals surface area (Å²) in [7, 11) is 3.35. The minimum Gasteiger partial charge on any atom is -0.493 e. The number of piperazine rings is 1. The van der Waals surface area contributed by atoms with Crippen LogP contribution in [0.5, 0.6) is 11.5 Å². The first-order valence-electron chi connectivity index (χ1n) is 9.93. The average Bonchev–Trinajstić information content (AvgIpc) is 3.15. The minimum absolute atomic E-state index is 0.306. The lowest BCUT2D eigenvalue weighted by molar-refractivity contribution is 0.233. The van der Waals surface area contributed by atoms with Crippen molar-refractivity contribution in [1.29, 1.82) is 0 Å². The van der Waals surface area contributed by atoms with Crippen molar-refractivity contribution >= 4 is 16.8 Å². The Morgan fingerprint density at radius 1 is 1.07 bits per heavy atom. The van der Waals surface area contributed by atoms with Crippen molar-refractivity contribution in [3.63, 3.8) is 0 Å². The molecular weight excluding hydrogens is 373 g/mol. The van der Waals surface area contributed by atoms with E-state index in [0.717, 1.165) is 61.8 Å². The highest BCUT2D eigenvalue weighted by atomic mass is 19.1. The summed E-state index contributed by atoms with van der Waals surface area (Å²) in [6.07, 6.45) is 1.08. The van der Waals surface area contributed by atoms with Gasteiger partial charge in [0, 0.05) is 44.7 Å². The first-order chi connectivity index (χ1) is 14.2. The van der Waals surface area contributed by atoms with Gasteiger partial charge < -0.3 is 18.9 Å². The van der Waals surface area contributed by atoms with Crippen LogP contribution in [-0.2, 0) is 6.42 Å². The van der Waals surface area contributed by atoms with E-state index < -0.39 is 0 Å². The summed E-state index contributed by atoms with van der Waals surface area (Å²) in [5, 5.41) is 5.05. The number of benzene rings is 2. The van der Waals surface area contributed by atoms with E-state index in [0.29, 0.717) is 11.5 Å². The molecule has 7 heteroatoms. The van der Waals surface area contributed by atoms with Crippen LogP contribution in [0.3, 0.4) is 0 Å². The standard InChI is InChI=1S/C22H24FN3O3/c1-27-20-10-14-9-15(18(14)12-21(20)28-2)13-25-5-7-26(8-6-25)22-17-4-3-16(23)11-19(17)29-24-22/h3-4,10-12,15H,5-9,13H2,1-2H3. The van der Waals surface area contributed by atoms with Crippen LogP contribution in [0.4, 0.5) is 10.2 Å². The Morgan fingerprint density at radius 2 is 1.83 bits per heavy atom. The fourth-order valence-corrected chi connectivity index (χ4v) is 4.48. The maximum Gasteiger partial charge on any atom is 0.180 e. The first kappa shape index (κ1) is 18.2. The maximum absolute atomic E-state index is 13.4. The number of nitrogens with zero attached hydrogens (tertiary/aromatic N) is 3. The van der Waals surface area contributed by atoms with Crippen LogP contribution in [0.15, 0.2) is 34.9 Å². The van der Waals surface area contributed by atoms with E-state index in [2.05, 4.69) is 27.1 Å². The number of hydrogen-bond donors (Lipinski definition) is 0. The van der Waals surface area contributed by atoms with E-state index in [-0.39, 0.29) is 5.82 Å². The predicted octanol–water partition coefficient (Wildman–Crippen LogP) is 3.45. The third-order valence-corrected chi connectivity index (χ3v) is 6.12. The van der Waals surface area contributed by atoms with Crippen LogP contribution in [0.2, 0.25) is 0 Å². The van der Waals surface area contributed by atoms with Gasteiger partial charge in [0.1, 0.15) is 5.82 Å². The van der Waals surface area contributed by atoms with Gasteiger partial charge in [-0.3, -0.25) is 4.90 Å². The zero-order valence-corrected chi connectivity index (χ0v) is 16.7. The van der Waals surface area contributed by atoms with E-state index in [9.17, 15) is 4.39 Å². The third kappa shape index (κ3) is 3.19. The monoisotopic (exact) mass is 397 g/mol. The zero-order chi connectivity index (χ0) is 20.0. The smallest absolute Gasteiger partial charge is 0.180 e. The first-order valence-corrected chi connectivity index (χ1v) is 9.93. The maximum atomic E-state index is 13.4. The van der Waals surface area contributed by atoms with E-state index >= 15 is 0 Å². The molecule has 3 aromatic rings. The molecule has 2 heterocycles. The number of hydrogen-bond acceptors (Lipinski definition) is 6. The molecule has 6 nitrogen and oxygen atoms in total. The Hall–Kier alpha value is -2.80. The summed E-state index contributed by atoms with van der Waals surface area (Å²) in [5.41, 5.74) is 3.22. The topological polar surface area (TPSA) is 51.0 Å². The van der Waals surface area contributed by atoms with E-state index in [4.69, 9.17) is 14.0 Å². The lowest BCUT2D eigenvalue weighted by Crippen LogP contribution is -2.48. The second-order valence-electron chi connectivity index (χ2n) is 7.74. The van der Waals surface area contributed by atoms with Crippen molar-refractivity contribution in [3.8, 4) is 11.5 Å². The van der Waals surface area contributed by atoms with Gasteiger partial charge in [-0.2, -0.15) is 0 Å². The molecule has 0 amide bonds. The molecule has 1 saturated heterocycles. The summed E-state index contributed by atoms with van der Waals surface area (Å²) in [5.74, 6) is 2.64. The fourth-order valence-electron chi connectivity index (χ4n) is 4.48. The average molecular weight is 397 g/mol. The number of methoxy groups -OCH3 is 2. The van der Waals surface area contributed by atoms with Crippen LogP contribution in [0.1, 0.15) is 17.0 Å². The van der Waals surface area contributed by atoms with Crippen LogP contribution in [-0.4, -0.2) is 57.0 Å². The molecule has 0 bridgehead atoms. The predicted molar refractivity (Wildman–Crippen MR) is 109 cm³/mol. The second-order valence-corrected chi connectivity index (χ2v) is 7.74. The minimum atomic E-state index is -0.306. The largest absolute Gasteiger partial charge is 0.493 e. The van der Waals surface area contributed by atoms with Crippen molar-refractivity contribution in [3.05, 3.63) is 47.3 Å². The van der Waals surface area contributed by atoms with Gasteiger partial charge >= 0.3 is 0 Å². The quantitative estimate of drug-likeness (QED) is 0.657. The summed E-state index contributed by atoms with van der Waals surface area (Å²) >= 11 is 0. The molecule has 29 heavy (non-hydrogen) atoms. The van der Waals surface area contributed by atoms with Crippen molar-refractivity contribution in [2.75, 3.05) is 51.8 Å². The molecule has 1 aromatic heterocycles. The normalized spacial score (nSPS) is 19.1. The Kier molecular flexibility index (Phi) is 4.54. The van der Waals surface area contributed by atoms with Crippen molar-refractivity contribution in [2.45, 2.75) is 12.3 Å². The number of anilines is 1. The van der Waals surface area contributed by atoms with Crippen LogP contribution < -0.4 is 14.4 Å². The Morgan fingerprint density at radius 3 is 2.59 bits per heavy atom. The van der Waals surface area contributed by atoms with Gasteiger partial charge in [-0.05, 0) is 41.8 Å². The molecule has 1 atom stereocenters. The number of rotatable bonds is 5. The second kappa shape index (κ2) is 7.22. The van der Waals surface area contributed by atoms with Crippen molar-refractivity contribution in [1.82, 2.24) is 10.1 Å². The van der Waals surface area contributed by atoms with E-state index in [1.807, 2.05) is 0 Å². The Balaban J connectivity index is 1.23. The van der Waals surface area contributed by atoms with E-state index in [1.54, 1.807) is 20.3 Å².